The predicted molar refractivity (Wildman–Crippen MR) is 151 cm³/mol. The van der Waals surface area contributed by atoms with Gasteiger partial charge in [-0.15, -0.1) is 0 Å². The summed E-state index contributed by atoms with van der Waals surface area (Å²) in [5, 5.41) is 0. The number of carbonyl (C=O) groups excluding carboxylic acids is 3. The minimum atomic E-state index is -0.339. The molecule has 0 saturated heterocycles. The van der Waals surface area contributed by atoms with Gasteiger partial charge in [0.1, 0.15) is 5.69 Å². The van der Waals surface area contributed by atoms with Crippen molar-refractivity contribution in [3.8, 4) is 0 Å². The van der Waals surface area contributed by atoms with Crippen LogP contribution in [-0.4, -0.2) is 32.3 Å². The summed E-state index contributed by atoms with van der Waals surface area (Å²) in [6.07, 6.45) is 8.18. The fourth-order valence-electron chi connectivity index (χ4n) is 2.75. The van der Waals surface area contributed by atoms with Crippen molar-refractivity contribution >= 4 is 17.3 Å². The van der Waals surface area contributed by atoms with Gasteiger partial charge in [-0.3, -0.25) is 29.3 Å². The van der Waals surface area contributed by atoms with Crippen LogP contribution >= 0.6 is 0 Å². The van der Waals surface area contributed by atoms with Gasteiger partial charge in [-0.05, 0) is 36.4 Å². The van der Waals surface area contributed by atoms with Gasteiger partial charge in [-0.1, -0.05) is 75.8 Å². The van der Waals surface area contributed by atoms with E-state index in [1.54, 1.807) is 67.4 Å². The predicted octanol–water partition coefficient (Wildman–Crippen LogP) is 7.57. The largest absolute Gasteiger partial charge is 0.294 e. The van der Waals surface area contributed by atoms with E-state index < -0.39 is 0 Å². The summed E-state index contributed by atoms with van der Waals surface area (Å²) in [4.78, 5) is 46.6. The van der Waals surface area contributed by atoms with E-state index in [-0.39, 0.29) is 41.0 Å². The van der Waals surface area contributed by atoms with E-state index in [2.05, 4.69) is 15.0 Å². The van der Waals surface area contributed by atoms with Gasteiger partial charge in [0, 0.05) is 58.4 Å². The number of hydrogen-bond acceptors (Lipinski definition) is 6. The van der Waals surface area contributed by atoms with Crippen molar-refractivity contribution in [2.24, 2.45) is 16.2 Å². The van der Waals surface area contributed by atoms with E-state index in [0.29, 0.717) is 11.3 Å². The maximum absolute atomic E-state index is 11.6. The Bertz CT molecular complexity index is 961. The fourth-order valence-corrected chi connectivity index (χ4v) is 2.75. The lowest BCUT2D eigenvalue weighted by Crippen LogP contribution is -2.21. The molecule has 6 heteroatoms. The van der Waals surface area contributed by atoms with Crippen molar-refractivity contribution in [1.29, 1.82) is 0 Å². The number of aromatic nitrogens is 3. The van der Waals surface area contributed by atoms with Crippen molar-refractivity contribution in [3.05, 3.63) is 90.3 Å². The van der Waals surface area contributed by atoms with Crippen molar-refractivity contribution in [2.45, 2.75) is 69.7 Å². The first kappa shape index (κ1) is 33.5. The molecule has 0 spiro atoms. The molecular weight excluding hydrogens is 462 g/mol. The van der Waals surface area contributed by atoms with Gasteiger partial charge in [0.15, 0.2) is 17.3 Å². The van der Waals surface area contributed by atoms with Crippen LogP contribution in [0.5, 0.6) is 0 Å². The molecule has 0 aromatic carbocycles. The smallest absolute Gasteiger partial charge is 0.186 e. The molecule has 0 bridgehead atoms. The average molecular weight is 506 g/mol. The second-order valence-corrected chi connectivity index (χ2v) is 11.4. The summed E-state index contributed by atoms with van der Waals surface area (Å²) in [5.74, 6) is 0.378. The first-order chi connectivity index (χ1) is 16.5. The lowest BCUT2D eigenvalue weighted by atomic mass is 9.87. The highest BCUT2D eigenvalue weighted by molar-refractivity contribution is 6.00. The van der Waals surface area contributed by atoms with Gasteiger partial charge in [0.2, 0.25) is 0 Å². The highest BCUT2D eigenvalue weighted by atomic mass is 16.1. The van der Waals surface area contributed by atoms with Crippen LogP contribution < -0.4 is 0 Å². The molecule has 200 valence electrons. The third-order valence-electron chi connectivity index (χ3n) is 4.81. The highest BCUT2D eigenvalue weighted by Gasteiger charge is 2.24. The van der Waals surface area contributed by atoms with E-state index >= 15 is 0 Å². The Hall–Kier alpha value is -3.54. The van der Waals surface area contributed by atoms with E-state index in [0.717, 1.165) is 5.56 Å². The molecule has 0 aliphatic carbocycles. The molecule has 3 heterocycles. The molecular formula is C31H43N3O3. The number of hydrogen-bond donors (Lipinski definition) is 0. The van der Waals surface area contributed by atoms with E-state index in [1.807, 2.05) is 68.4 Å². The monoisotopic (exact) mass is 505 g/mol. The quantitative estimate of drug-likeness (QED) is 0.341. The van der Waals surface area contributed by atoms with Crippen LogP contribution in [0.15, 0.2) is 73.4 Å². The second-order valence-electron chi connectivity index (χ2n) is 11.4. The van der Waals surface area contributed by atoms with Gasteiger partial charge in [-0.2, -0.15) is 0 Å². The van der Waals surface area contributed by atoms with Crippen molar-refractivity contribution in [1.82, 2.24) is 15.0 Å². The summed E-state index contributed by atoms with van der Waals surface area (Å²) in [6, 6.07) is 12.4. The molecule has 0 aliphatic heterocycles. The molecule has 3 rings (SSSR count). The molecule has 6 nitrogen and oxygen atoms in total. The van der Waals surface area contributed by atoms with E-state index in [1.165, 1.54) is 0 Å². The molecule has 0 aliphatic rings. The Balaban J connectivity index is 0.000000518. The van der Waals surface area contributed by atoms with Crippen LogP contribution in [0.1, 0.15) is 101 Å². The number of ketones is 3. The number of pyridine rings is 3. The number of Topliss-reactive ketones (excluding diaryl/α,β-unsaturated/α-hetero) is 3. The zero-order valence-corrected chi connectivity index (χ0v) is 23.0. The SMILES string of the molecule is C.CC(C)(C)C(=O)c1ccccn1.CC(C)(C)C(=O)c1cccnc1.CC(C)(C)C(=O)c1ccncc1. The van der Waals surface area contributed by atoms with Crippen LogP contribution in [0.4, 0.5) is 0 Å². The van der Waals surface area contributed by atoms with Crippen LogP contribution in [-0.2, 0) is 0 Å². The molecule has 0 unspecified atom stereocenters. The minimum absolute atomic E-state index is 0. The molecule has 37 heavy (non-hydrogen) atoms. The van der Waals surface area contributed by atoms with Gasteiger partial charge < -0.3 is 0 Å². The van der Waals surface area contributed by atoms with Gasteiger partial charge in [0.05, 0.1) is 0 Å². The molecule has 0 fully saturated rings. The molecule has 0 amide bonds. The van der Waals surface area contributed by atoms with Crippen LogP contribution in [0.3, 0.4) is 0 Å². The average Bonchev–Trinajstić information content (AvgIpc) is 2.83. The topological polar surface area (TPSA) is 89.9 Å². The lowest BCUT2D eigenvalue weighted by Gasteiger charge is -2.15. The Labute approximate surface area is 223 Å². The van der Waals surface area contributed by atoms with E-state index in [9.17, 15) is 14.4 Å². The summed E-state index contributed by atoms with van der Waals surface area (Å²) >= 11 is 0. The van der Waals surface area contributed by atoms with Crippen molar-refractivity contribution < 1.29 is 14.4 Å². The molecule has 0 radical (unpaired) electrons. The normalized spacial score (nSPS) is 10.9. The molecule has 0 N–H and O–H groups in total. The maximum atomic E-state index is 11.6. The molecule has 0 saturated carbocycles. The van der Waals surface area contributed by atoms with Gasteiger partial charge in [0.25, 0.3) is 0 Å². The Morgan fingerprint density at radius 1 is 0.541 bits per heavy atom. The van der Waals surface area contributed by atoms with Gasteiger partial charge >= 0.3 is 0 Å². The van der Waals surface area contributed by atoms with Crippen LogP contribution in [0.2, 0.25) is 0 Å². The third kappa shape index (κ3) is 11.8. The summed E-state index contributed by atoms with van der Waals surface area (Å²) in [5.41, 5.74) is 1.01. The third-order valence-corrected chi connectivity index (χ3v) is 4.81. The minimum Gasteiger partial charge on any atom is -0.294 e. The number of carbonyl (C=O) groups is 3. The number of rotatable bonds is 3. The first-order valence-electron chi connectivity index (χ1n) is 11.9. The Morgan fingerprint density at radius 2 is 1.05 bits per heavy atom. The Morgan fingerprint density at radius 3 is 1.46 bits per heavy atom. The van der Waals surface area contributed by atoms with Crippen molar-refractivity contribution in [3.63, 3.8) is 0 Å². The first-order valence-corrected chi connectivity index (χ1v) is 11.9. The van der Waals surface area contributed by atoms with Crippen LogP contribution in [0.25, 0.3) is 0 Å². The molecule has 3 aromatic rings. The van der Waals surface area contributed by atoms with Crippen molar-refractivity contribution in [2.75, 3.05) is 0 Å². The molecule has 0 atom stereocenters. The summed E-state index contributed by atoms with van der Waals surface area (Å²) in [7, 11) is 0. The lowest BCUT2D eigenvalue weighted by molar-refractivity contribution is 0.0848. The summed E-state index contributed by atoms with van der Waals surface area (Å²) in [6.45, 7) is 17.1. The maximum Gasteiger partial charge on any atom is 0.186 e. The second kappa shape index (κ2) is 14.3. The highest BCUT2D eigenvalue weighted by Crippen LogP contribution is 2.21. The zero-order chi connectivity index (χ0) is 27.6. The summed E-state index contributed by atoms with van der Waals surface area (Å²) < 4.78 is 0. The zero-order valence-electron chi connectivity index (χ0n) is 23.0. The Kier molecular flexibility index (Phi) is 12.9. The van der Waals surface area contributed by atoms with Gasteiger partial charge in [-0.25, -0.2) is 0 Å². The standard InChI is InChI=1S/3C10H13NO.CH4/c1-10(2,3)9(12)8-4-6-11-7-5-8;1-10(2,3)9(12)8-5-4-6-11-7-8;1-10(2,3)9(12)8-6-4-5-7-11-8;/h3*4-7H,1-3H3;1H4. The van der Waals surface area contributed by atoms with Crippen LogP contribution in [0, 0.1) is 16.2 Å². The fraction of sp³-hybridized carbons (Fsp3) is 0.419. The molecule has 3 aromatic heterocycles. The van der Waals surface area contributed by atoms with E-state index in [4.69, 9.17) is 0 Å². The number of nitrogens with zero attached hydrogens (tertiary/aromatic N) is 3.